The first-order chi connectivity index (χ1) is 8.08. The van der Waals surface area contributed by atoms with Gasteiger partial charge in [-0.3, -0.25) is 4.57 Å². The number of nitrogens with zero attached hydrogens (tertiary/aromatic N) is 2. The Bertz CT molecular complexity index is 796. The number of fused-ring (bicyclic) bond motifs is 2. The van der Waals surface area contributed by atoms with Gasteiger partial charge in [-0.1, -0.05) is 6.07 Å². The van der Waals surface area contributed by atoms with Crippen LogP contribution < -0.4 is 5.69 Å². The van der Waals surface area contributed by atoms with E-state index in [4.69, 9.17) is 0 Å². The number of H-pyrrole nitrogens is 1. The Kier molecular flexibility index (Phi) is 1.90. The molecule has 1 aromatic carbocycles. The number of hydrogen-bond acceptors (Lipinski definition) is 2. The largest absolute Gasteiger partial charge is 0.327 e. The maximum absolute atomic E-state index is 11.5. The van der Waals surface area contributed by atoms with Gasteiger partial charge in [-0.05, 0) is 37.1 Å². The number of aromatic nitrogens is 3. The van der Waals surface area contributed by atoms with Gasteiger partial charge >= 0.3 is 5.69 Å². The van der Waals surface area contributed by atoms with Crippen molar-refractivity contribution in [1.29, 1.82) is 0 Å². The molecule has 0 saturated heterocycles. The Balaban J connectivity index is 2.56. The Hall–Kier alpha value is -2.10. The van der Waals surface area contributed by atoms with E-state index in [9.17, 15) is 4.79 Å². The summed E-state index contributed by atoms with van der Waals surface area (Å²) >= 11 is 0. The molecular formula is C13H13N3O. The van der Waals surface area contributed by atoms with Gasteiger partial charge < -0.3 is 4.98 Å². The molecule has 2 heterocycles. The maximum Gasteiger partial charge on any atom is 0.327 e. The molecule has 0 bridgehead atoms. The summed E-state index contributed by atoms with van der Waals surface area (Å²) in [7, 11) is 1.72. The molecule has 17 heavy (non-hydrogen) atoms. The molecule has 3 rings (SSSR count). The number of imidazole rings is 1. The van der Waals surface area contributed by atoms with Crippen LogP contribution in [0, 0.1) is 13.8 Å². The summed E-state index contributed by atoms with van der Waals surface area (Å²) in [6.07, 6.45) is 0. The third kappa shape index (κ3) is 1.30. The molecule has 3 aromatic rings. The van der Waals surface area contributed by atoms with Crippen molar-refractivity contribution in [1.82, 2.24) is 14.5 Å². The highest BCUT2D eigenvalue weighted by molar-refractivity contribution is 5.92. The quantitative estimate of drug-likeness (QED) is 0.639. The van der Waals surface area contributed by atoms with Gasteiger partial charge in [-0.15, -0.1) is 0 Å². The van der Waals surface area contributed by atoms with E-state index in [-0.39, 0.29) is 5.69 Å². The van der Waals surface area contributed by atoms with Crippen LogP contribution in [0.2, 0.25) is 0 Å². The van der Waals surface area contributed by atoms with E-state index < -0.39 is 0 Å². The second-order valence-electron chi connectivity index (χ2n) is 4.42. The molecule has 86 valence electrons. The molecule has 4 nitrogen and oxygen atoms in total. The summed E-state index contributed by atoms with van der Waals surface area (Å²) < 4.78 is 1.53. The molecule has 4 heteroatoms. The SMILES string of the molecule is Cc1ccc2nc3c(cc2c1C)[nH]c(=O)n3C. The van der Waals surface area contributed by atoms with Crippen molar-refractivity contribution in [2.45, 2.75) is 13.8 Å². The standard InChI is InChI=1S/C13H13N3O/c1-7-4-5-10-9(8(7)2)6-11-12(14-10)16(3)13(17)15-11/h4-6H,1-3H3,(H,15,17). The van der Waals surface area contributed by atoms with Gasteiger partial charge in [0.1, 0.15) is 0 Å². The highest BCUT2D eigenvalue weighted by atomic mass is 16.1. The van der Waals surface area contributed by atoms with Crippen molar-refractivity contribution in [3.63, 3.8) is 0 Å². The molecule has 0 aliphatic carbocycles. The van der Waals surface area contributed by atoms with Crippen LogP contribution in [0.25, 0.3) is 22.1 Å². The first-order valence-corrected chi connectivity index (χ1v) is 5.53. The van der Waals surface area contributed by atoms with Crippen molar-refractivity contribution in [3.05, 3.63) is 39.8 Å². The van der Waals surface area contributed by atoms with Crippen LogP contribution in [0.4, 0.5) is 0 Å². The smallest absolute Gasteiger partial charge is 0.304 e. The maximum atomic E-state index is 11.5. The lowest BCUT2D eigenvalue weighted by molar-refractivity contribution is 0.881. The van der Waals surface area contributed by atoms with Crippen molar-refractivity contribution >= 4 is 22.1 Å². The van der Waals surface area contributed by atoms with Gasteiger partial charge in [0, 0.05) is 12.4 Å². The number of hydrogen-bond donors (Lipinski definition) is 1. The van der Waals surface area contributed by atoms with Crippen LogP contribution in [-0.4, -0.2) is 14.5 Å². The van der Waals surface area contributed by atoms with Crippen LogP contribution in [0.3, 0.4) is 0 Å². The van der Waals surface area contributed by atoms with E-state index in [0.717, 1.165) is 16.4 Å². The number of benzene rings is 1. The van der Waals surface area contributed by atoms with Crippen LogP contribution in [-0.2, 0) is 7.05 Å². The van der Waals surface area contributed by atoms with E-state index in [0.29, 0.717) is 5.65 Å². The third-order valence-electron chi connectivity index (χ3n) is 3.38. The molecule has 1 N–H and O–H groups in total. The van der Waals surface area contributed by atoms with E-state index in [1.807, 2.05) is 12.1 Å². The number of aryl methyl sites for hydroxylation is 3. The molecule has 0 aliphatic heterocycles. The lowest BCUT2D eigenvalue weighted by Crippen LogP contribution is -2.12. The Morgan fingerprint density at radius 2 is 2.06 bits per heavy atom. The predicted molar refractivity (Wildman–Crippen MR) is 68.3 cm³/mol. The van der Waals surface area contributed by atoms with E-state index in [1.165, 1.54) is 15.7 Å². The zero-order valence-electron chi connectivity index (χ0n) is 10.0. The van der Waals surface area contributed by atoms with Gasteiger partial charge in [0.2, 0.25) is 0 Å². The molecule has 2 aromatic heterocycles. The average Bonchev–Trinajstić information content (AvgIpc) is 2.59. The molecule has 0 spiro atoms. The molecule has 0 atom stereocenters. The van der Waals surface area contributed by atoms with Crippen molar-refractivity contribution in [3.8, 4) is 0 Å². The molecule has 0 radical (unpaired) electrons. The monoisotopic (exact) mass is 227 g/mol. The number of rotatable bonds is 0. The van der Waals surface area contributed by atoms with Gasteiger partial charge in [0.05, 0.1) is 11.0 Å². The van der Waals surface area contributed by atoms with Crippen molar-refractivity contribution in [2.24, 2.45) is 7.05 Å². The second kappa shape index (κ2) is 3.20. The Morgan fingerprint density at radius 1 is 1.29 bits per heavy atom. The number of aromatic amines is 1. The first-order valence-electron chi connectivity index (χ1n) is 5.53. The molecule has 0 saturated carbocycles. The van der Waals surface area contributed by atoms with Crippen LogP contribution >= 0.6 is 0 Å². The van der Waals surface area contributed by atoms with Gasteiger partial charge in [0.15, 0.2) is 5.65 Å². The summed E-state index contributed by atoms with van der Waals surface area (Å²) in [6.45, 7) is 4.15. The predicted octanol–water partition coefficient (Wildman–Crippen LogP) is 2.03. The highest BCUT2D eigenvalue weighted by Gasteiger charge is 2.08. The van der Waals surface area contributed by atoms with Crippen LogP contribution in [0.1, 0.15) is 11.1 Å². The van der Waals surface area contributed by atoms with E-state index >= 15 is 0 Å². The number of nitrogens with one attached hydrogen (secondary N) is 1. The average molecular weight is 227 g/mol. The normalized spacial score (nSPS) is 11.5. The summed E-state index contributed by atoms with van der Waals surface area (Å²) in [5.41, 5.74) is 4.73. The molecular weight excluding hydrogens is 214 g/mol. The fourth-order valence-corrected chi connectivity index (χ4v) is 2.13. The Morgan fingerprint density at radius 3 is 2.82 bits per heavy atom. The molecule has 0 fully saturated rings. The fraction of sp³-hybridized carbons (Fsp3) is 0.231. The third-order valence-corrected chi connectivity index (χ3v) is 3.38. The first kappa shape index (κ1) is 10.1. The van der Waals surface area contributed by atoms with Crippen molar-refractivity contribution in [2.75, 3.05) is 0 Å². The minimum Gasteiger partial charge on any atom is -0.304 e. The second-order valence-corrected chi connectivity index (χ2v) is 4.42. The molecule has 0 amide bonds. The van der Waals surface area contributed by atoms with E-state index in [1.54, 1.807) is 7.05 Å². The minimum absolute atomic E-state index is 0.128. The highest BCUT2D eigenvalue weighted by Crippen LogP contribution is 2.22. The van der Waals surface area contributed by atoms with E-state index in [2.05, 4.69) is 29.9 Å². The summed E-state index contributed by atoms with van der Waals surface area (Å²) in [6, 6.07) is 6.05. The minimum atomic E-state index is -0.128. The zero-order valence-corrected chi connectivity index (χ0v) is 10.0. The summed E-state index contributed by atoms with van der Waals surface area (Å²) in [5.74, 6) is 0. The molecule has 0 unspecified atom stereocenters. The topological polar surface area (TPSA) is 50.7 Å². The van der Waals surface area contributed by atoms with Gasteiger partial charge in [-0.25, -0.2) is 9.78 Å². The lowest BCUT2D eigenvalue weighted by atomic mass is 10.0. The zero-order chi connectivity index (χ0) is 12.2. The van der Waals surface area contributed by atoms with Crippen LogP contribution in [0.5, 0.6) is 0 Å². The fourth-order valence-electron chi connectivity index (χ4n) is 2.13. The Labute approximate surface area is 97.9 Å². The van der Waals surface area contributed by atoms with Crippen LogP contribution in [0.15, 0.2) is 23.0 Å². The lowest BCUT2D eigenvalue weighted by Gasteiger charge is -2.05. The van der Waals surface area contributed by atoms with Gasteiger partial charge in [-0.2, -0.15) is 0 Å². The van der Waals surface area contributed by atoms with Gasteiger partial charge in [0.25, 0.3) is 0 Å². The summed E-state index contributed by atoms with van der Waals surface area (Å²) in [4.78, 5) is 18.9. The summed E-state index contributed by atoms with van der Waals surface area (Å²) in [5, 5.41) is 1.10. The number of pyridine rings is 1. The molecule has 0 aliphatic rings. The van der Waals surface area contributed by atoms with Crippen molar-refractivity contribution < 1.29 is 0 Å².